The number of benzene rings is 1. The van der Waals surface area contributed by atoms with E-state index in [1.165, 1.54) is 12.0 Å². The summed E-state index contributed by atoms with van der Waals surface area (Å²) in [6.07, 6.45) is 4.42. The molecule has 1 fully saturated rings. The van der Waals surface area contributed by atoms with Crippen LogP contribution >= 0.6 is 0 Å². The predicted octanol–water partition coefficient (Wildman–Crippen LogP) is 3.40. The van der Waals surface area contributed by atoms with Crippen LogP contribution in [-0.4, -0.2) is 6.04 Å². The van der Waals surface area contributed by atoms with E-state index in [1.54, 1.807) is 5.56 Å². The monoisotopic (exact) mass is 213 g/mol. The van der Waals surface area contributed by atoms with E-state index in [1.807, 2.05) is 6.08 Å². The summed E-state index contributed by atoms with van der Waals surface area (Å²) >= 11 is 0. The zero-order valence-electron chi connectivity index (χ0n) is 9.82. The van der Waals surface area contributed by atoms with Gasteiger partial charge in [0, 0.05) is 18.0 Å². The molecule has 1 aromatic carbocycles. The minimum absolute atomic E-state index is 0.571. The van der Waals surface area contributed by atoms with Crippen LogP contribution in [0.25, 0.3) is 0 Å². The summed E-state index contributed by atoms with van der Waals surface area (Å²) in [7, 11) is 0. The Hall–Kier alpha value is -1.08. The average Bonchev–Trinajstić information content (AvgIpc) is 2.29. The Labute approximate surface area is 97.6 Å². The summed E-state index contributed by atoms with van der Waals surface area (Å²) in [6, 6.07) is 10.1. The third kappa shape index (κ3) is 1.35. The van der Waals surface area contributed by atoms with E-state index in [9.17, 15) is 0 Å². The SMILES string of the molecule is C=CC[C@@H]1N[C@@H]2C[C@@H](C)[C@@H]1c1ccccc12. The second-order valence-corrected chi connectivity index (χ2v) is 5.22. The van der Waals surface area contributed by atoms with Crippen molar-refractivity contribution in [2.45, 2.75) is 37.8 Å². The molecule has 3 aliphatic rings. The molecular formula is C15H19N. The largest absolute Gasteiger partial charge is 0.306 e. The Kier molecular flexibility index (Phi) is 2.36. The molecule has 2 heterocycles. The molecule has 16 heavy (non-hydrogen) atoms. The minimum Gasteiger partial charge on any atom is -0.306 e. The van der Waals surface area contributed by atoms with Crippen molar-refractivity contribution < 1.29 is 0 Å². The van der Waals surface area contributed by atoms with Crippen molar-refractivity contribution in [2.75, 3.05) is 0 Å². The molecule has 84 valence electrons. The number of hydrogen-bond donors (Lipinski definition) is 1. The van der Waals surface area contributed by atoms with Crippen LogP contribution < -0.4 is 5.32 Å². The molecule has 1 saturated heterocycles. The van der Waals surface area contributed by atoms with E-state index < -0.39 is 0 Å². The molecule has 1 N–H and O–H groups in total. The molecule has 0 saturated carbocycles. The van der Waals surface area contributed by atoms with Crippen LogP contribution in [0, 0.1) is 5.92 Å². The van der Waals surface area contributed by atoms with Crippen LogP contribution in [0.3, 0.4) is 0 Å². The fourth-order valence-corrected chi connectivity index (χ4v) is 3.61. The highest BCUT2D eigenvalue weighted by molar-refractivity contribution is 5.40. The van der Waals surface area contributed by atoms with Gasteiger partial charge in [-0.3, -0.25) is 0 Å². The van der Waals surface area contributed by atoms with Gasteiger partial charge >= 0.3 is 0 Å². The zero-order chi connectivity index (χ0) is 11.1. The first-order valence-corrected chi connectivity index (χ1v) is 6.27. The van der Waals surface area contributed by atoms with Crippen molar-refractivity contribution in [1.82, 2.24) is 5.32 Å². The lowest BCUT2D eigenvalue weighted by Crippen LogP contribution is -2.50. The Morgan fingerprint density at radius 3 is 2.88 bits per heavy atom. The summed E-state index contributed by atoms with van der Waals surface area (Å²) in [4.78, 5) is 0. The highest BCUT2D eigenvalue weighted by Crippen LogP contribution is 2.48. The van der Waals surface area contributed by atoms with Crippen molar-refractivity contribution in [1.29, 1.82) is 0 Å². The van der Waals surface area contributed by atoms with Gasteiger partial charge in [-0.1, -0.05) is 37.3 Å². The van der Waals surface area contributed by atoms with E-state index >= 15 is 0 Å². The van der Waals surface area contributed by atoms with Crippen LogP contribution in [0.2, 0.25) is 0 Å². The first kappa shape index (κ1) is 10.1. The molecule has 1 heteroatoms. The third-order valence-electron chi connectivity index (χ3n) is 4.22. The van der Waals surface area contributed by atoms with Crippen LogP contribution in [0.5, 0.6) is 0 Å². The summed E-state index contributed by atoms with van der Waals surface area (Å²) < 4.78 is 0. The van der Waals surface area contributed by atoms with Gasteiger partial charge in [0.05, 0.1) is 0 Å². The fourth-order valence-electron chi connectivity index (χ4n) is 3.61. The Balaban J connectivity index is 2.05. The number of nitrogens with one attached hydrogen (secondary N) is 1. The topological polar surface area (TPSA) is 12.0 Å². The molecule has 0 radical (unpaired) electrons. The van der Waals surface area contributed by atoms with Gasteiger partial charge in [-0.15, -0.1) is 6.58 Å². The van der Waals surface area contributed by atoms with Crippen molar-refractivity contribution in [3.63, 3.8) is 0 Å². The molecule has 0 aromatic heterocycles. The van der Waals surface area contributed by atoms with Crippen molar-refractivity contribution in [3.8, 4) is 0 Å². The second-order valence-electron chi connectivity index (χ2n) is 5.22. The maximum absolute atomic E-state index is 3.88. The normalized spacial score (nSPS) is 35.8. The fraction of sp³-hybridized carbons (Fsp3) is 0.467. The maximum Gasteiger partial charge on any atom is 0.0328 e. The molecule has 4 rings (SSSR count). The van der Waals surface area contributed by atoms with Gasteiger partial charge in [0.25, 0.3) is 0 Å². The summed E-state index contributed by atoms with van der Waals surface area (Å²) in [5, 5.41) is 3.77. The number of hydrogen-bond acceptors (Lipinski definition) is 1. The highest BCUT2D eigenvalue weighted by Gasteiger charge is 2.42. The minimum atomic E-state index is 0.571. The number of rotatable bonds is 2. The molecule has 0 amide bonds. The van der Waals surface area contributed by atoms with Gasteiger partial charge in [0.1, 0.15) is 0 Å². The third-order valence-corrected chi connectivity index (χ3v) is 4.22. The Morgan fingerprint density at radius 2 is 2.12 bits per heavy atom. The van der Waals surface area contributed by atoms with Crippen molar-refractivity contribution in [3.05, 3.63) is 48.0 Å². The first-order valence-electron chi connectivity index (χ1n) is 6.27. The lowest BCUT2D eigenvalue weighted by molar-refractivity contribution is 0.191. The summed E-state index contributed by atoms with van der Waals surface area (Å²) in [6.45, 7) is 6.27. The quantitative estimate of drug-likeness (QED) is 0.742. The van der Waals surface area contributed by atoms with E-state index in [0.717, 1.165) is 12.3 Å². The summed E-state index contributed by atoms with van der Waals surface area (Å²) in [5.74, 6) is 1.48. The van der Waals surface area contributed by atoms with Crippen molar-refractivity contribution >= 4 is 0 Å². The standard InChI is InChI=1S/C15H19N/c1-3-6-13-15-10(2)9-14(16-13)11-7-4-5-8-12(11)15/h3-5,7-8,10,13-16H,1,6,9H2,2H3/t10-,13+,14-,15-/m1/s1. The molecule has 0 spiro atoms. The lowest BCUT2D eigenvalue weighted by Gasteiger charge is -2.48. The second kappa shape index (κ2) is 3.74. The molecule has 0 unspecified atom stereocenters. The van der Waals surface area contributed by atoms with E-state index in [2.05, 4.69) is 43.1 Å². The number of piperidine rings is 1. The molecular weight excluding hydrogens is 194 g/mol. The lowest BCUT2D eigenvalue weighted by atomic mass is 9.66. The molecule has 2 aliphatic heterocycles. The zero-order valence-corrected chi connectivity index (χ0v) is 9.82. The average molecular weight is 213 g/mol. The molecule has 2 bridgehead atoms. The van der Waals surface area contributed by atoms with Gasteiger partial charge in [-0.05, 0) is 29.9 Å². The summed E-state index contributed by atoms with van der Waals surface area (Å²) in [5.41, 5.74) is 3.11. The molecule has 4 atom stereocenters. The van der Waals surface area contributed by atoms with Gasteiger partial charge in [-0.25, -0.2) is 0 Å². The van der Waals surface area contributed by atoms with E-state index in [4.69, 9.17) is 0 Å². The Morgan fingerprint density at radius 1 is 1.38 bits per heavy atom. The smallest absolute Gasteiger partial charge is 0.0328 e. The van der Waals surface area contributed by atoms with Crippen LogP contribution in [-0.2, 0) is 0 Å². The maximum atomic E-state index is 3.88. The van der Waals surface area contributed by atoms with Gasteiger partial charge in [-0.2, -0.15) is 0 Å². The van der Waals surface area contributed by atoms with Gasteiger partial charge in [0.15, 0.2) is 0 Å². The van der Waals surface area contributed by atoms with Crippen LogP contribution in [0.1, 0.15) is 42.9 Å². The number of fused-ring (bicyclic) bond motifs is 2. The van der Waals surface area contributed by atoms with Crippen molar-refractivity contribution in [2.24, 2.45) is 5.92 Å². The molecule has 1 nitrogen and oxygen atoms in total. The van der Waals surface area contributed by atoms with Crippen LogP contribution in [0.15, 0.2) is 36.9 Å². The van der Waals surface area contributed by atoms with E-state index in [0.29, 0.717) is 18.0 Å². The molecule has 1 aliphatic carbocycles. The highest BCUT2D eigenvalue weighted by atomic mass is 15.0. The first-order chi connectivity index (χ1) is 7.81. The van der Waals surface area contributed by atoms with Gasteiger partial charge < -0.3 is 5.32 Å². The molecule has 1 aromatic rings. The van der Waals surface area contributed by atoms with Crippen LogP contribution in [0.4, 0.5) is 0 Å². The predicted molar refractivity (Wildman–Crippen MR) is 67.4 cm³/mol. The Bertz CT molecular complexity index is 410. The van der Waals surface area contributed by atoms with Gasteiger partial charge in [0.2, 0.25) is 0 Å². The van der Waals surface area contributed by atoms with E-state index in [-0.39, 0.29) is 0 Å².